The molecule has 8 nitrogen and oxygen atoms in total. The second-order valence-electron chi connectivity index (χ2n) is 7.81. The van der Waals surface area contributed by atoms with Crippen LogP contribution in [0.25, 0.3) is 21.8 Å². The molecule has 0 aliphatic rings. The van der Waals surface area contributed by atoms with Gasteiger partial charge in [-0.25, -0.2) is 0 Å². The van der Waals surface area contributed by atoms with Crippen molar-refractivity contribution in [1.29, 1.82) is 0 Å². The van der Waals surface area contributed by atoms with Gasteiger partial charge < -0.3 is 15.0 Å². The highest BCUT2D eigenvalue weighted by Gasteiger charge is 2.27. The Bertz CT molecular complexity index is 1290. The number of hydrogen-bond donors (Lipinski definition) is 2. The maximum absolute atomic E-state index is 13.0. The normalized spacial score (nSPS) is 12.4. The van der Waals surface area contributed by atoms with Gasteiger partial charge in [0.15, 0.2) is 0 Å². The predicted octanol–water partition coefficient (Wildman–Crippen LogP) is 2.84. The number of nitrogens with zero attached hydrogens (tertiary/aromatic N) is 3. The number of aromatic nitrogens is 4. The van der Waals surface area contributed by atoms with E-state index in [1.807, 2.05) is 38.2 Å². The van der Waals surface area contributed by atoms with Gasteiger partial charge >= 0.3 is 0 Å². The maximum atomic E-state index is 13.0. The zero-order chi connectivity index (χ0) is 22.0. The Morgan fingerprint density at radius 2 is 2.00 bits per heavy atom. The Labute approximate surface area is 179 Å². The van der Waals surface area contributed by atoms with Crippen molar-refractivity contribution in [3.63, 3.8) is 0 Å². The zero-order valence-corrected chi connectivity index (χ0v) is 17.8. The molecule has 0 saturated carbocycles. The fourth-order valence-electron chi connectivity index (χ4n) is 3.80. The number of H-pyrrole nitrogens is 1. The van der Waals surface area contributed by atoms with E-state index in [1.165, 1.54) is 4.68 Å². The molecule has 2 N–H and O–H groups in total. The van der Waals surface area contributed by atoms with Crippen molar-refractivity contribution in [2.45, 2.75) is 26.3 Å². The molecule has 8 heteroatoms. The molecule has 0 spiro atoms. The lowest BCUT2D eigenvalue weighted by atomic mass is 10.0. The van der Waals surface area contributed by atoms with Gasteiger partial charge in [-0.3, -0.25) is 9.59 Å². The predicted molar refractivity (Wildman–Crippen MR) is 119 cm³/mol. The smallest absolute Gasteiger partial charge is 0.278 e. The molecule has 0 bridgehead atoms. The van der Waals surface area contributed by atoms with Crippen LogP contribution in [0.15, 0.2) is 53.5 Å². The number of carbonyl (C=O) groups is 1. The molecule has 1 atom stereocenters. The monoisotopic (exact) mass is 419 g/mol. The van der Waals surface area contributed by atoms with Crippen LogP contribution in [-0.2, 0) is 11.2 Å². The molecule has 2 heterocycles. The summed E-state index contributed by atoms with van der Waals surface area (Å²) in [6.45, 7) is 4.22. The SMILES string of the molecule is COc1ccc2c(CCNC(=O)[C@@H](C(C)C)n3nnc4ccccc4c3=O)c[nH]c2c1. The Hall–Kier alpha value is -3.68. The van der Waals surface area contributed by atoms with E-state index in [4.69, 9.17) is 4.74 Å². The van der Waals surface area contributed by atoms with Gasteiger partial charge in [0, 0.05) is 29.7 Å². The Morgan fingerprint density at radius 1 is 1.19 bits per heavy atom. The minimum Gasteiger partial charge on any atom is -0.497 e. The van der Waals surface area contributed by atoms with Gasteiger partial charge in [0.05, 0.1) is 12.5 Å². The summed E-state index contributed by atoms with van der Waals surface area (Å²) >= 11 is 0. The first-order chi connectivity index (χ1) is 15.0. The second-order valence-corrected chi connectivity index (χ2v) is 7.81. The molecule has 31 heavy (non-hydrogen) atoms. The van der Waals surface area contributed by atoms with Crippen molar-refractivity contribution < 1.29 is 9.53 Å². The third kappa shape index (κ3) is 4.01. The van der Waals surface area contributed by atoms with Gasteiger partial charge in [0.1, 0.15) is 17.3 Å². The van der Waals surface area contributed by atoms with Crippen molar-refractivity contribution in [3.8, 4) is 5.75 Å². The van der Waals surface area contributed by atoms with E-state index < -0.39 is 6.04 Å². The number of nitrogens with one attached hydrogen (secondary N) is 2. The summed E-state index contributed by atoms with van der Waals surface area (Å²) in [5, 5.41) is 12.7. The van der Waals surface area contributed by atoms with Crippen molar-refractivity contribution in [2.24, 2.45) is 5.92 Å². The number of rotatable bonds is 7. The van der Waals surface area contributed by atoms with Gasteiger partial charge in [0.2, 0.25) is 5.91 Å². The molecule has 1 amide bonds. The lowest BCUT2D eigenvalue weighted by molar-refractivity contribution is -0.126. The average molecular weight is 419 g/mol. The summed E-state index contributed by atoms with van der Waals surface area (Å²) in [6, 6.07) is 12.1. The van der Waals surface area contributed by atoms with Crippen LogP contribution in [0.3, 0.4) is 0 Å². The van der Waals surface area contributed by atoms with E-state index in [0.29, 0.717) is 23.9 Å². The highest BCUT2D eigenvalue weighted by atomic mass is 16.5. The van der Waals surface area contributed by atoms with E-state index in [2.05, 4.69) is 20.6 Å². The van der Waals surface area contributed by atoms with E-state index in [-0.39, 0.29) is 17.4 Å². The quantitative estimate of drug-likeness (QED) is 0.480. The van der Waals surface area contributed by atoms with Gasteiger partial charge in [-0.15, -0.1) is 5.10 Å². The summed E-state index contributed by atoms with van der Waals surface area (Å²) in [7, 11) is 1.64. The first-order valence-corrected chi connectivity index (χ1v) is 10.3. The minimum atomic E-state index is -0.739. The van der Waals surface area contributed by atoms with Crippen LogP contribution in [0.1, 0.15) is 25.5 Å². The molecule has 2 aromatic heterocycles. The molecule has 160 valence electrons. The highest BCUT2D eigenvalue weighted by molar-refractivity contribution is 5.85. The number of hydrogen-bond acceptors (Lipinski definition) is 5. The molecule has 0 radical (unpaired) electrons. The Kier molecular flexibility index (Phi) is 5.70. The molecule has 0 aliphatic carbocycles. The van der Waals surface area contributed by atoms with Crippen molar-refractivity contribution in [2.75, 3.05) is 13.7 Å². The van der Waals surface area contributed by atoms with Gasteiger partial charge in [0.25, 0.3) is 5.56 Å². The van der Waals surface area contributed by atoms with Crippen LogP contribution < -0.4 is 15.6 Å². The third-order valence-electron chi connectivity index (χ3n) is 5.42. The molecule has 0 fully saturated rings. The summed E-state index contributed by atoms with van der Waals surface area (Å²) in [5.41, 5.74) is 2.29. The van der Waals surface area contributed by atoms with Crippen LogP contribution in [-0.4, -0.2) is 39.5 Å². The molecule has 0 unspecified atom stereocenters. The topological polar surface area (TPSA) is 102 Å². The van der Waals surface area contributed by atoms with Crippen molar-refractivity contribution in [1.82, 2.24) is 25.3 Å². The number of aromatic amines is 1. The molecule has 0 saturated heterocycles. The fraction of sp³-hybridized carbons (Fsp3) is 0.304. The number of amides is 1. The minimum absolute atomic E-state index is 0.131. The number of methoxy groups -OCH3 is 1. The summed E-state index contributed by atoms with van der Waals surface area (Å²) in [5.74, 6) is 0.410. The average Bonchev–Trinajstić information content (AvgIpc) is 3.17. The molecule has 2 aromatic carbocycles. The van der Waals surface area contributed by atoms with Gasteiger partial charge in [-0.1, -0.05) is 31.2 Å². The van der Waals surface area contributed by atoms with E-state index >= 15 is 0 Å². The Balaban J connectivity index is 1.50. The van der Waals surface area contributed by atoms with Crippen LogP contribution in [0.2, 0.25) is 0 Å². The van der Waals surface area contributed by atoms with E-state index in [1.54, 1.807) is 31.4 Å². The Morgan fingerprint density at radius 3 is 2.77 bits per heavy atom. The van der Waals surface area contributed by atoms with Gasteiger partial charge in [-0.05, 0) is 42.2 Å². The molecule has 4 rings (SSSR count). The van der Waals surface area contributed by atoms with Crippen LogP contribution in [0.5, 0.6) is 5.75 Å². The number of fused-ring (bicyclic) bond motifs is 2. The first-order valence-electron chi connectivity index (χ1n) is 10.3. The lowest BCUT2D eigenvalue weighted by Gasteiger charge is -2.21. The third-order valence-corrected chi connectivity index (χ3v) is 5.42. The highest BCUT2D eigenvalue weighted by Crippen LogP contribution is 2.23. The van der Waals surface area contributed by atoms with Crippen LogP contribution >= 0.6 is 0 Å². The summed E-state index contributed by atoms with van der Waals surface area (Å²) in [4.78, 5) is 29.1. The summed E-state index contributed by atoms with van der Waals surface area (Å²) < 4.78 is 6.45. The van der Waals surface area contributed by atoms with Crippen molar-refractivity contribution >= 4 is 27.7 Å². The summed E-state index contributed by atoms with van der Waals surface area (Å²) in [6.07, 6.45) is 2.59. The van der Waals surface area contributed by atoms with E-state index in [0.717, 1.165) is 22.2 Å². The first kappa shape index (κ1) is 20.6. The number of carbonyl (C=O) groups excluding carboxylic acids is 1. The largest absolute Gasteiger partial charge is 0.497 e. The number of ether oxygens (including phenoxy) is 1. The standard InChI is InChI=1S/C23H25N5O3/c1-14(2)21(28-23(30)18-6-4-5-7-19(18)26-27-28)22(29)24-11-10-15-13-25-20-12-16(31-3)8-9-17(15)20/h4-9,12-14,21,25H,10-11H2,1-3H3,(H,24,29)/t21-/m1/s1. The molecule has 4 aromatic rings. The zero-order valence-electron chi connectivity index (χ0n) is 17.8. The maximum Gasteiger partial charge on any atom is 0.278 e. The van der Waals surface area contributed by atoms with E-state index in [9.17, 15) is 9.59 Å². The second kappa shape index (κ2) is 8.59. The van der Waals surface area contributed by atoms with Crippen LogP contribution in [0.4, 0.5) is 0 Å². The van der Waals surface area contributed by atoms with Gasteiger partial charge in [-0.2, -0.15) is 4.68 Å². The number of benzene rings is 2. The fourth-order valence-corrected chi connectivity index (χ4v) is 3.80. The molecule has 0 aliphatic heterocycles. The lowest BCUT2D eigenvalue weighted by Crippen LogP contribution is -2.42. The van der Waals surface area contributed by atoms with Crippen LogP contribution in [0, 0.1) is 5.92 Å². The molecular weight excluding hydrogens is 394 g/mol. The molecular formula is C23H25N5O3. The van der Waals surface area contributed by atoms with Crippen molar-refractivity contribution in [3.05, 3.63) is 64.6 Å².